The van der Waals surface area contributed by atoms with Crippen LogP contribution < -0.4 is 10.5 Å². The lowest BCUT2D eigenvalue weighted by molar-refractivity contribution is -0.118. The summed E-state index contributed by atoms with van der Waals surface area (Å²) >= 11 is 2.31. The van der Waals surface area contributed by atoms with Crippen molar-refractivity contribution in [2.45, 2.75) is 15.9 Å². The van der Waals surface area contributed by atoms with Gasteiger partial charge in [0.05, 0.1) is 12.3 Å². The zero-order chi connectivity index (χ0) is 22.6. The topological polar surface area (TPSA) is 120 Å². The summed E-state index contributed by atoms with van der Waals surface area (Å²) in [6, 6.07) is 22.5. The van der Waals surface area contributed by atoms with Gasteiger partial charge in [-0.25, -0.2) is 13.6 Å². The number of carbonyl (C=O) groups excluding carboxylic acids is 1. The number of aromatic nitrogens is 3. The highest BCUT2D eigenvalue weighted by molar-refractivity contribution is 7.99. The minimum atomic E-state index is -3.73. The van der Waals surface area contributed by atoms with E-state index in [2.05, 4.69) is 15.5 Å². The van der Waals surface area contributed by atoms with Crippen molar-refractivity contribution in [1.82, 2.24) is 20.1 Å². The number of carbonyl (C=O) groups is 1. The molecule has 2 aromatic heterocycles. The van der Waals surface area contributed by atoms with Gasteiger partial charge in [0.15, 0.2) is 11.0 Å². The number of hydrogen-bond donors (Lipinski definition) is 2. The van der Waals surface area contributed by atoms with E-state index in [4.69, 9.17) is 5.14 Å². The van der Waals surface area contributed by atoms with Crippen LogP contribution in [-0.2, 0) is 21.4 Å². The number of hydrogen-bond acceptors (Lipinski definition) is 7. The average molecular weight is 486 g/mol. The maximum atomic E-state index is 12.4. The van der Waals surface area contributed by atoms with Gasteiger partial charge in [0.25, 0.3) is 0 Å². The number of sulfonamides is 1. The largest absolute Gasteiger partial charge is 0.350 e. The van der Waals surface area contributed by atoms with Crippen LogP contribution in [0.15, 0.2) is 82.2 Å². The number of nitrogens with two attached hydrogens (primary N) is 1. The fourth-order valence-electron chi connectivity index (χ4n) is 2.92. The van der Waals surface area contributed by atoms with Gasteiger partial charge < -0.3 is 5.32 Å². The first-order valence-corrected chi connectivity index (χ1v) is 12.8. The van der Waals surface area contributed by atoms with Crippen LogP contribution in [0.1, 0.15) is 4.88 Å². The van der Waals surface area contributed by atoms with Gasteiger partial charge in [-0.05, 0) is 24.3 Å². The van der Waals surface area contributed by atoms with Gasteiger partial charge in [-0.3, -0.25) is 9.36 Å². The Balaban J connectivity index is 1.47. The minimum Gasteiger partial charge on any atom is -0.350 e. The molecule has 164 valence electrons. The Morgan fingerprint density at radius 2 is 1.69 bits per heavy atom. The van der Waals surface area contributed by atoms with Crippen molar-refractivity contribution in [3.05, 3.63) is 77.7 Å². The number of para-hydroxylation sites is 1. The van der Waals surface area contributed by atoms with Crippen LogP contribution in [0.3, 0.4) is 0 Å². The van der Waals surface area contributed by atoms with Crippen LogP contribution in [0.25, 0.3) is 17.1 Å². The second-order valence-electron chi connectivity index (χ2n) is 6.67. The van der Waals surface area contributed by atoms with Gasteiger partial charge in [-0.1, -0.05) is 60.3 Å². The number of amides is 1. The highest BCUT2D eigenvalue weighted by Crippen LogP contribution is 2.27. The molecule has 1 amide bonds. The molecule has 4 aromatic rings. The molecule has 0 aliphatic heterocycles. The Hall–Kier alpha value is -2.99. The predicted molar refractivity (Wildman–Crippen MR) is 125 cm³/mol. The Morgan fingerprint density at radius 3 is 2.34 bits per heavy atom. The van der Waals surface area contributed by atoms with Crippen LogP contribution in [-0.4, -0.2) is 34.8 Å². The third-order valence-corrected chi connectivity index (χ3v) is 7.84. The average Bonchev–Trinajstić information content (AvgIpc) is 3.45. The maximum Gasteiger partial charge on any atom is 0.247 e. The molecule has 3 N–H and O–H groups in total. The third-order valence-electron chi connectivity index (χ3n) is 4.39. The molecular formula is C21H19N5O3S3. The summed E-state index contributed by atoms with van der Waals surface area (Å²) < 4.78 is 24.8. The first-order chi connectivity index (χ1) is 15.4. The number of thiophene rings is 1. The summed E-state index contributed by atoms with van der Waals surface area (Å²) in [4.78, 5) is 13.1. The van der Waals surface area contributed by atoms with Crippen molar-refractivity contribution in [1.29, 1.82) is 0 Å². The summed E-state index contributed by atoms with van der Waals surface area (Å²) in [5, 5.41) is 17.2. The minimum absolute atomic E-state index is 0.0699. The van der Waals surface area contributed by atoms with Crippen molar-refractivity contribution >= 4 is 39.0 Å². The molecule has 0 aliphatic carbocycles. The van der Waals surface area contributed by atoms with E-state index in [1.54, 1.807) is 6.07 Å². The molecule has 0 aliphatic rings. The first-order valence-electron chi connectivity index (χ1n) is 9.49. The van der Waals surface area contributed by atoms with Crippen molar-refractivity contribution in [3.63, 3.8) is 0 Å². The van der Waals surface area contributed by atoms with E-state index in [1.165, 1.54) is 17.8 Å². The molecule has 11 heteroatoms. The molecule has 0 radical (unpaired) electrons. The molecule has 32 heavy (non-hydrogen) atoms. The SMILES string of the molecule is NS(=O)(=O)c1ccc(CNC(=O)CSc2nnc(-c3ccccc3)n2-c2ccccc2)s1. The second-order valence-corrected chi connectivity index (χ2v) is 10.6. The number of nitrogens with zero attached hydrogens (tertiary/aromatic N) is 3. The zero-order valence-corrected chi connectivity index (χ0v) is 19.2. The maximum absolute atomic E-state index is 12.4. The van der Waals surface area contributed by atoms with E-state index in [9.17, 15) is 13.2 Å². The lowest BCUT2D eigenvalue weighted by atomic mass is 10.2. The Kier molecular flexibility index (Phi) is 6.70. The van der Waals surface area contributed by atoms with Crippen LogP contribution in [0.4, 0.5) is 0 Å². The lowest BCUT2D eigenvalue weighted by Gasteiger charge is -2.10. The Labute approximate surface area is 193 Å². The molecule has 2 aromatic carbocycles. The van der Waals surface area contributed by atoms with Crippen molar-refractivity contribution in [2.75, 3.05) is 5.75 Å². The molecular weight excluding hydrogens is 466 g/mol. The van der Waals surface area contributed by atoms with Crippen LogP contribution in [0.2, 0.25) is 0 Å². The second kappa shape index (κ2) is 9.65. The molecule has 0 fully saturated rings. The number of thioether (sulfide) groups is 1. The molecule has 8 nitrogen and oxygen atoms in total. The van der Waals surface area contributed by atoms with Gasteiger partial charge in [-0.15, -0.1) is 21.5 Å². The van der Waals surface area contributed by atoms with Crippen LogP contribution in [0, 0.1) is 0 Å². The van der Waals surface area contributed by atoms with Crippen LogP contribution in [0.5, 0.6) is 0 Å². The van der Waals surface area contributed by atoms with E-state index >= 15 is 0 Å². The molecule has 0 saturated heterocycles. The normalized spacial score (nSPS) is 11.4. The number of nitrogens with one attached hydrogen (secondary N) is 1. The first kappa shape index (κ1) is 22.2. The highest BCUT2D eigenvalue weighted by atomic mass is 32.2. The van der Waals surface area contributed by atoms with Crippen molar-refractivity contribution in [3.8, 4) is 17.1 Å². The quantitative estimate of drug-likeness (QED) is 0.370. The summed E-state index contributed by atoms with van der Waals surface area (Å²) in [6.07, 6.45) is 0. The van der Waals surface area contributed by atoms with E-state index in [1.807, 2.05) is 65.2 Å². The molecule has 0 saturated carbocycles. The van der Waals surface area contributed by atoms with E-state index in [0.29, 0.717) is 15.9 Å². The van der Waals surface area contributed by atoms with Crippen molar-refractivity contribution < 1.29 is 13.2 Å². The molecule has 4 rings (SSSR count). The Bertz CT molecular complexity index is 1320. The third kappa shape index (κ3) is 5.25. The number of benzene rings is 2. The van der Waals surface area contributed by atoms with Gasteiger partial charge in [0.1, 0.15) is 4.21 Å². The monoisotopic (exact) mass is 485 g/mol. The van der Waals surface area contributed by atoms with Gasteiger partial charge >= 0.3 is 0 Å². The number of primary sulfonamides is 1. The smallest absolute Gasteiger partial charge is 0.247 e. The predicted octanol–water partition coefficient (Wildman–Crippen LogP) is 3.05. The Morgan fingerprint density at radius 1 is 1.00 bits per heavy atom. The van der Waals surface area contributed by atoms with E-state index in [-0.39, 0.29) is 22.4 Å². The molecule has 2 heterocycles. The van der Waals surface area contributed by atoms with E-state index < -0.39 is 10.0 Å². The van der Waals surface area contributed by atoms with Crippen LogP contribution >= 0.6 is 23.1 Å². The molecule has 0 atom stereocenters. The summed E-state index contributed by atoms with van der Waals surface area (Å²) in [7, 11) is -3.73. The van der Waals surface area contributed by atoms with Gasteiger partial charge in [0, 0.05) is 16.1 Å². The fraction of sp³-hybridized carbons (Fsp3) is 0.0952. The van der Waals surface area contributed by atoms with E-state index in [0.717, 1.165) is 22.6 Å². The van der Waals surface area contributed by atoms with Crippen molar-refractivity contribution in [2.24, 2.45) is 5.14 Å². The van der Waals surface area contributed by atoms with Gasteiger partial charge in [-0.2, -0.15) is 0 Å². The number of rotatable bonds is 8. The van der Waals surface area contributed by atoms with Gasteiger partial charge in [0.2, 0.25) is 15.9 Å². The molecule has 0 spiro atoms. The molecule has 0 unspecified atom stereocenters. The fourth-order valence-corrected chi connectivity index (χ4v) is 5.42. The summed E-state index contributed by atoms with van der Waals surface area (Å²) in [5.41, 5.74) is 1.82. The molecule has 0 bridgehead atoms. The summed E-state index contributed by atoms with van der Waals surface area (Å²) in [6.45, 7) is 0.222. The zero-order valence-electron chi connectivity index (χ0n) is 16.7. The summed E-state index contributed by atoms with van der Waals surface area (Å²) in [5.74, 6) is 0.617. The lowest BCUT2D eigenvalue weighted by Crippen LogP contribution is -2.24. The standard InChI is InChI=1S/C21H19N5O3S3/c22-32(28,29)19-12-11-17(31-19)13-23-18(27)14-30-21-25-24-20(15-7-3-1-4-8-15)26(21)16-9-5-2-6-10-16/h1-12H,13-14H2,(H,23,27)(H2,22,28,29). The highest BCUT2D eigenvalue weighted by Gasteiger charge is 2.17.